The quantitative estimate of drug-likeness (QED) is 0.253. The number of aromatic nitrogens is 2. The zero-order chi connectivity index (χ0) is 23.8. The Bertz CT molecular complexity index is 1230. The SMILES string of the molecule is C[C@@H](NC(=O)c1ccc(-c2ccnc(Nc3cccc(CNCCO)c3)n2)s1)c1ccccc1. The van der Waals surface area contributed by atoms with Crippen LogP contribution in [0.15, 0.2) is 79.0 Å². The summed E-state index contributed by atoms with van der Waals surface area (Å²) in [4.78, 5) is 23.2. The summed E-state index contributed by atoms with van der Waals surface area (Å²) in [5, 5.41) is 18.4. The third-order valence-corrected chi connectivity index (χ3v) is 6.29. The fourth-order valence-electron chi connectivity index (χ4n) is 3.45. The van der Waals surface area contributed by atoms with Gasteiger partial charge < -0.3 is 21.1 Å². The Morgan fingerprint density at radius 2 is 1.91 bits per heavy atom. The van der Waals surface area contributed by atoms with Gasteiger partial charge >= 0.3 is 0 Å². The lowest BCUT2D eigenvalue weighted by Crippen LogP contribution is -2.25. The Morgan fingerprint density at radius 3 is 2.74 bits per heavy atom. The number of rotatable bonds is 10. The predicted octanol–water partition coefficient (Wildman–Crippen LogP) is 4.52. The molecule has 0 spiro atoms. The maximum atomic E-state index is 12.7. The van der Waals surface area contributed by atoms with Gasteiger partial charge in [-0.15, -0.1) is 11.3 Å². The summed E-state index contributed by atoms with van der Waals surface area (Å²) in [7, 11) is 0. The molecule has 174 valence electrons. The molecule has 2 heterocycles. The topological polar surface area (TPSA) is 99.2 Å². The molecule has 4 rings (SSSR count). The van der Waals surface area contributed by atoms with Crippen LogP contribution in [-0.4, -0.2) is 34.1 Å². The van der Waals surface area contributed by atoms with Gasteiger partial charge in [0.2, 0.25) is 5.95 Å². The number of amides is 1. The highest BCUT2D eigenvalue weighted by Gasteiger charge is 2.15. The van der Waals surface area contributed by atoms with Gasteiger partial charge in [0.05, 0.1) is 28.1 Å². The molecule has 0 fully saturated rings. The lowest BCUT2D eigenvalue weighted by atomic mass is 10.1. The molecule has 4 N–H and O–H groups in total. The van der Waals surface area contributed by atoms with Crippen molar-refractivity contribution in [2.45, 2.75) is 19.5 Å². The molecule has 1 amide bonds. The molecule has 4 aromatic rings. The normalized spacial score (nSPS) is 11.7. The Balaban J connectivity index is 1.42. The summed E-state index contributed by atoms with van der Waals surface area (Å²) in [6, 6.07) is 23.3. The van der Waals surface area contributed by atoms with Crippen LogP contribution < -0.4 is 16.0 Å². The van der Waals surface area contributed by atoms with Crippen molar-refractivity contribution >= 4 is 28.9 Å². The number of carbonyl (C=O) groups excluding carboxylic acids is 1. The summed E-state index contributed by atoms with van der Waals surface area (Å²) in [6.07, 6.45) is 1.70. The van der Waals surface area contributed by atoms with Gasteiger partial charge in [-0.05, 0) is 48.4 Å². The fourth-order valence-corrected chi connectivity index (χ4v) is 4.33. The van der Waals surface area contributed by atoms with E-state index in [0.29, 0.717) is 23.9 Å². The van der Waals surface area contributed by atoms with Gasteiger partial charge in [0, 0.05) is 25.0 Å². The molecule has 0 unspecified atom stereocenters. The van der Waals surface area contributed by atoms with Crippen LogP contribution in [0.4, 0.5) is 11.6 Å². The molecular weight excluding hydrogens is 446 g/mol. The number of hydrogen-bond acceptors (Lipinski definition) is 7. The molecule has 1 atom stereocenters. The molecule has 34 heavy (non-hydrogen) atoms. The molecule has 0 aliphatic heterocycles. The smallest absolute Gasteiger partial charge is 0.261 e. The molecule has 0 saturated carbocycles. The van der Waals surface area contributed by atoms with E-state index in [-0.39, 0.29) is 18.6 Å². The first-order chi connectivity index (χ1) is 16.6. The average molecular weight is 474 g/mol. The van der Waals surface area contributed by atoms with Crippen LogP contribution >= 0.6 is 11.3 Å². The van der Waals surface area contributed by atoms with E-state index in [9.17, 15) is 4.79 Å². The van der Waals surface area contributed by atoms with Crippen LogP contribution in [0.5, 0.6) is 0 Å². The first-order valence-electron chi connectivity index (χ1n) is 11.1. The number of benzene rings is 2. The van der Waals surface area contributed by atoms with E-state index in [1.165, 1.54) is 11.3 Å². The minimum Gasteiger partial charge on any atom is -0.395 e. The van der Waals surface area contributed by atoms with Gasteiger partial charge in [-0.25, -0.2) is 9.97 Å². The van der Waals surface area contributed by atoms with Crippen molar-refractivity contribution in [2.24, 2.45) is 0 Å². The van der Waals surface area contributed by atoms with Crippen molar-refractivity contribution in [3.05, 3.63) is 95.0 Å². The maximum Gasteiger partial charge on any atom is 0.261 e. The van der Waals surface area contributed by atoms with Crippen molar-refractivity contribution in [2.75, 3.05) is 18.5 Å². The fraction of sp³-hybridized carbons (Fsp3) is 0.192. The van der Waals surface area contributed by atoms with Crippen molar-refractivity contribution in [1.82, 2.24) is 20.6 Å². The van der Waals surface area contributed by atoms with Crippen LogP contribution in [0.25, 0.3) is 10.6 Å². The molecule has 0 saturated heterocycles. The van der Waals surface area contributed by atoms with Gasteiger partial charge in [0.1, 0.15) is 0 Å². The predicted molar refractivity (Wildman–Crippen MR) is 136 cm³/mol. The molecule has 0 radical (unpaired) electrons. The third-order valence-electron chi connectivity index (χ3n) is 5.19. The van der Waals surface area contributed by atoms with Crippen molar-refractivity contribution in [1.29, 1.82) is 0 Å². The van der Waals surface area contributed by atoms with E-state index in [1.54, 1.807) is 6.20 Å². The van der Waals surface area contributed by atoms with Crippen molar-refractivity contribution in [3.8, 4) is 10.6 Å². The number of aliphatic hydroxyl groups excluding tert-OH is 1. The minimum atomic E-state index is -0.105. The van der Waals surface area contributed by atoms with Crippen LogP contribution in [0.3, 0.4) is 0 Å². The second-order valence-electron chi connectivity index (χ2n) is 7.76. The van der Waals surface area contributed by atoms with Gasteiger partial charge in [-0.3, -0.25) is 4.79 Å². The molecule has 7 nitrogen and oxygen atoms in total. The highest BCUT2D eigenvalue weighted by Crippen LogP contribution is 2.28. The molecule has 2 aromatic heterocycles. The van der Waals surface area contributed by atoms with E-state index in [0.717, 1.165) is 27.4 Å². The van der Waals surface area contributed by atoms with E-state index in [4.69, 9.17) is 5.11 Å². The number of carbonyl (C=O) groups is 1. The lowest BCUT2D eigenvalue weighted by Gasteiger charge is -2.13. The monoisotopic (exact) mass is 473 g/mol. The van der Waals surface area contributed by atoms with Crippen molar-refractivity contribution in [3.63, 3.8) is 0 Å². The van der Waals surface area contributed by atoms with E-state index >= 15 is 0 Å². The number of nitrogens with one attached hydrogen (secondary N) is 3. The van der Waals surface area contributed by atoms with E-state index < -0.39 is 0 Å². The number of hydrogen-bond donors (Lipinski definition) is 4. The van der Waals surface area contributed by atoms with Gasteiger partial charge in [-0.1, -0.05) is 42.5 Å². The van der Waals surface area contributed by atoms with Crippen LogP contribution in [-0.2, 0) is 6.54 Å². The van der Waals surface area contributed by atoms with Crippen LogP contribution in [0.1, 0.15) is 33.8 Å². The Labute approximate surface area is 202 Å². The summed E-state index contributed by atoms with van der Waals surface area (Å²) in [5.41, 5.74) is 3.78. The van der Waals surface area contributed by atoms with Gasteiger partial charge in [-0.2, -0.15) is 0 Å². The summed E-state index contributed by atoms with van der Waals surface area (Å²) < 4.78 is 0. The average Bonchev–Trinajstić information content (AvgIpc) is 3.36. The van der Waals surface area contributed by atoms with E-state index in [2.05, 4.69) is 25.9 Å². The number of anilines is 2. The summed E-state index contributed by atoms with van der Waals surface area (Å²) in [6.45, 7) is 3.30. The van der Waals surface area contributed by atoms with Crippen LogP contribution in [0.2, 0.25) is 0 Å². The first-order valence-corrected chi connectivity index (χ1v) is 11.9. The number of nitrogens with zero attached hydrogens (tertiary/aromatic N) is 2. The van der Waals surface area contributed by atoms with Gasteiger partial charge in [0.15, 0.2) is 0 Å². The molecular formula is C26H27N5O2S. The Morgan fingerprint density at radius 1 is 1.06 bits per heavy atom. The second-order valence-corrected chi connectivity index (χ2v) is 8.84. The van der Waals surface area contributed by atoms with E-state index in [1.807, 2.05) is 79.7 Å². The summed E-state index contributed by atoms with van der Waals surface area (Å²) >= 11 is 1.40. The maximum absolute atomic E-state index is 12.7. The zero-order valence-corrected chi connectivity index (χ0v) is 19.7. The third kappa shape index (κ3) is 6.26. The highest BCUT2D eigenvalue weighted by atomic mass is 32.1. The number of thiophene rings is 1. The molecule has 8 heteroatoms. The minimum absolute atomic E-state index is 0.0799. The molecule has 0 aliphatic carbocycles. The standard InChI is InChI=1S/C26H27N5O2S/c1-18(20-7-3-2-4-8-20)29-25(33)24-11-10-23(34-24)22-12-13-28-26(31-22)30-21-9-5-6-19(16-21)17-27-14-15-32/h2-13,16,18,27,32H,14-15,17H2,1H3,(H,29,33)(H,28,30,31)/t18-/m1/s1. The zero-order valence-electron chi connectivity index (χ0n) is 18.9. The first kappa shape index (κ1) is 23.6. The number of aliphatic hydroxyl groups is 1. The lowest BCUT2D eigenvalue weighted by molar-refractivity contribution is 0.0944. The molecule has 0 aliphatic rings. The Hall–Kier alpha value is -3.59. The van der Waals surface area contributed by atoms with Crippen molar-refractivity contribution < 1.29 is 9.90 Å². The van der Waals surface area contributed by atoms with Crippen LogP contribution in [0, 0.1) is 0 Å². The summed E-state index contributed by atoms with van der Waals surface area (Å²) in [5.74, 6) is 0.377. The Kier molecular flexibility index (Phi) is 7.98. The largest absolute Gasteiger partial charge is 0.395 e. The molecule has 0 bridgehead atoms. The molecule has 2 aromatic carbocycles. The second kappa shape index (κ2) is 11.5. The van der Waals surface area contributed by atoms with Gasteiger partial charge in [0.25, 0.3) is 5.91 Å². The highest BCUT2D eigenvalue weighted by molar-refractivity contribution is 7.17.